The van der Waals surface area contributed by atoms with Crippen molar-refractivity contribution in [2.75, 3.05) is 119 Å². The first-order valence-corrected chi connectivity index (χ1v) is 39.6. The van der Waals surface area contributed by atoms with E-state index in [-0.39, 0.29) is 105 Å². The number of ether oxygens (including phenoxy) is 4. The van der Waals surface area contributed by atoms with E-state index in [4.69, 9.17) is 18.9 Å². The zero-order valence-corrected chi connectivity index (χ0v) is 64.3. The third-order valence-electron chi connectivity index (χ3n) is 17.3. The van der Waals surface area contributed by atoms with E-state index in [2.05, 4.69) is 32.6 Å². The van der Waals surface area contributed by atoms with E-state index in [1.807, 2.05) is 28.2 Å². The fraction of sp³-hybridized carbons (Fsp3) is 0.921. The lowest BCUT2D eigenvalue weighted by atomic mass is 10.1. The lowest BCUT2D eigenvalue weighted by Crippen LogP contribution is -3.00. The van der Waals surface area contributed by atoms with Crippen LogP contribution in [0.2, 0.25) is 0 Å². The average Bonchev–Trinajstić information content (AvgIpc) is 2.15. The zero-order valence-electron chi connectivity index (χ0n) is 61.9. The number of amides is 2. The van der Waals surface area contributed by atoms with Gasteiger partial charge >= 0.3 is 23.9 Å². The van der Waals surface area contributed by atoms with Crippen LogP contribution in [-0.2, 0) is 47.7 Å². The van der Waals surface area contributed by atoms with Crippen molar-refractivity contribution in [2.45, 2.75) is 336 Å². The number of thioether (sulfide) groups is 1. The Bertz CT molecular complexity index is 1590. The molecule has 0 atom stereocenters. The van der Waals surface area contributed by atoms with E-state index in [1.165, 1.54) is 218 Å². The van der Waals surface area contributed by atoms with Crippen molar-refractivity contribution < 1.29 is 74.3 Å². The monoisotopic (exact) mass is 1410 g/mol. The molecule has 2 amide bonds. The van der Waals surface area contributed by atoms with Crippen molar-refractivity contribution in [3.63, 3.8) is 0 Å². The number of quaternary nitrogens is 1. The SMILES string of the molecule is CCCCCCCCCCCCCC(=O)OCCN(CCOC(=O)CCCCCCCCCCCCC)C(=O)CSCCN(C)C.CCCCCCCCCCCCCC(=O)OCCN(CCOC(=O)CCCCCCCCCCCCC)C(=O)C[N+](C)(C)CCO.[Br-]. The second-order valence-corrected chi connectivity index (χ2v) is 28.3. The number of carbonyl (C=O) groups excluding carboxylic acids is 6. The Morgan fingerprint density at radius 2 is 0.570 bits per heavy atom. The molecule has 1 N–H and O–H groups in total. The number of halogens is 1. The summed E-state index contributed by atoms with van der Waals surface area (Å²) in [6.45, 7) is 12.4. The maximum Gasteiger partial charge on any atom is 0.305 e. The van der Waals surface area contributed by atoms with Gasteiger partial charge in [-0.15, -0.1) is 0 Å². The van der Waals surface area contributed by atoms with Crippen LogP contribution in [0.15, 0.2) is 0 Å². The quantitative estimate of drug-likeness (QED) is 0.0264. The van der Waals surface area contributed by atoms with Gasteiger partial charge in [-0.05, 0) is 39.8 Å². The molecule has 0 fully saturated rings. The van der Waals surface area contributed by atoms with E-state index in [9.17, 15) is 33.9 Å². The Hall–Kier alpha value is -2.47. The molecule has 0 aromatic rings. The van der Waals surface area contributed by atoms with Crippen LogP contribution < -0.4 is 17.0 Å². The van der Waals surface area contributed by atoms with Crippen LogP contribution in [0.1, 0.15) is 336 Å². The number of rotatable bonds is 69. The van der Waals surface area contributed by atoms with Crippen molar-refractivity contribution in [3.8, 4) is 0 Å². The van der Waals surface area contributed by atoms with Gasteiger partial charge in [0.25, 0.3) is 5.91 Å². The van der Waals surface area contributed by atoms with E-state index >= 15 is 0 Å². The summed E-state index contributed by atoms with van der Waals surface area (Å²) >= 11 is 1.60. The number of hydrogen-bond acceptors (Lipinski definition) is 13. The van der Waals surface area contributed by atoms with E-state index in [0.717, 1.165) is 76.5 Å². The standard InChI is InChI=1S/C38H75N2O6.C38H74N2O5S.BrH/c1-5-7-9-11-13-15-17-19-21-23-25-27-37(43)45-33-29-39(36(42)35-40(3,4)31-32-41)30-34-46-38(44)28-26-24-22-20-18-16-14-12-10-8-6-2;1-5-7-9-11-13-15-17-19-21-23-25-27-37(42)44-32-29-40(36(41)35-46-34-31-39(3)4)30-33-45-38(43)28-26-24-22-20-18-16-14-12-10-8-6-2;/h41H,5-35H2,1-4H3;5-35H2,1-4H3;1H/q+1;;/p-1. The van der Waals surface area contributed by atoms with Crippen LogP contribution >= 0.6 is 11.8 Å². The highest BCUT2D eigenvalue weighted by Crippen LogP contribution is 2.17. The van der Waals surface area contributed by atoms with Crippen LogP contribution in [0.25, 0.3) is 0 Å². The summed E-state index contributed by atoms with van der Waals surface area (Å²) in [5, 5.41) is 9.36. The molecule has 0 aromatic carbocycles. The molecule has 0 unspecified atom stereocenters. The first-order valence-electron chi connectivity index (χ1n) is 38.5. The molecule has 0 aromatic heterocycles. The average molecular weight is 1410 g/mol. The number of nitrogens with zero attached hydrogens (tertiary/aromatic N) is 4. The van der Waals surface area contributed by atoms with Gasteiger partial charge in [-0.1, -0.05) is 285 Å². The molecule has 0 aliphatic rings. The van der Waals surface area contributed by atoms with E-state index < -0.39 is 0 Å². The predicted molar refractivity (Wildman–Crippen MR) is 386 cm³/mol. The molecule has 552 valence electrons. The van der Waals surface area contributed by atoms with Crippen molar-refractivity contribution in [1.82, 2.24) is 14.7 Å². The van der Waals surface area contributed by atoms with E-state index in [1.54, 1.807) is 21.6 Å². The Kier molecular flexibility index (Phi) is 75.1. The highest BCUT2D eigenvalue weighted by atomic mass is 79.9. The van der Waals surface area contributed by atoms with Gasteiger partial charge in [0.2, 0.25) is 5.91 Å². The van der Waals surface area contributed by atoms with Gasteiger partial charge in [0.15, 0.2) is 6.54 Å². The number of esters is 4. The maximum atomic E-state index is 13.1. The molecule has 0 saturated heterocycles. The predicted octanol–water partition coefficient (Wildman–Crippen LogP) is 15.0. The molecule has 93 heavy (non-hydrogen) atoms. The number of unbranched alkanes of at least 4 members (excludes halogenated alkanes) is 40. The molecule has 15 nitrogen and oxygen atoms in total. The summed E-state index contributed by atoms with van der Waals surface area (Å²) in [5.41, 5.74) is 0. The number of aliphatic hydroxyl groups excluding tert-OH is 1. The molecular formula is C76H149BrN4O11S. The van der Waals surface area contributed by atoms with Gasteiger partial charge in [-0.25, -0.2) is 0 Å². The second kappa shape index (κ2) is 73.8. The summed E-state index contributed by atoms with van der Waals surface area (Å²) in [6, 6.07) is 0. The minimum atomic E-state index is -0.224. The largest absolute Gasteiger partial charge is 1.00 e. The first kappa shape index (κ1) is 94.7. The van der Waals surface area contributed by atoms with Gasteiger partial charge in [0.1, 0.15) is 33.0 Å². The van der Waals surface area contributed by atoms with Gasteiger partial charge in [0, 0.05) is 38.0 Å². The molecule has 0 saturated carbocycles. The summed E-state index contributed by atoms with van der Waals surface area (Å²) in [7, 11) is 7.83. The Labute approximate surface area is 587 Å². The van der Waals surface area contributed by atoms with Crippen LogP contribution in [-0.4, -0.2) is 179 Å². The van der Waals surface area contributed by atoms with Gasteiger partial charge in [-0.3, -0.25) is 28.8 Å². The summed E-state index contributed by atoms with van der Waals surface area (Å²) < 4.78 is 22.2. The van der Waals surface area contributed by atoms with Crippen molar-refractivity contribution in [1.29, 1.82) is 0 Å². The molecule has 0 aliphatic heterocycles. The zero-order chi connectivity index (χ0) is 68.1. The third-order valence-corrected chi connectivity index (χ3v) is 18.2. The Morgan fingerprint density at radius 1 is 0.344 bits per heavy atom. The molecule has 0 spiro atoms. The number of hydrogen-bond donors (Lipinski definition) is 1. The normalized spacial score (nSPS) is 11.2. The van der Waals surface area contributed by atoms with Gasteiger partial charge in [-0.2, -0.15) is 11.8 Å². The topological polar surface area (TPSA) is 169 Å². The van der Waals surface area contributed by atoms with Crippen LogP contribution in [0.4, 0.5) is 0 Å². The highest BCUT2D eigenvalue weighted by Gasteiger charge is 2.25. The smallest absolute Gasteiger partial charge is 0.305 e. The fourth-order valence-electron chi connectivity index (χ4n) is 11.1. The summed E-state index contributed by atoms with van der Waals surface area (Å²) in [5.74, 6) is 0.287. The van der Waals surface area contributed by atoms with Crippen LogP contribution in [0.3, 0.4) is 0 Å². The number of aliphatic hydroxyl groups is 1. The van der Waals surface area contributed by atoms with Crippen molar-refractivity contribution in [3.05, 3.63) is 0 Å². The minimum absolute atomic E-state index is 0. The lowest BCUT2D eigenvalue weighted by molar-refractivity contribution is -0.883. The lowest BCUT2D eigenvalue weighted by Gasteiger charge is -2.31. The highest BCUT2D eigenvalue weighted by molar-refractivity contribution is 7.99. The molecule has 0 heterocycles. The Morgan fingerprint density at radius 3 is 0.796 bits per heavy atom. The summed E-state index contributed by atoms with van der Waals surface area (Å²) in [6.07, 6.45) is 56.2. The molecule has 0 rings (SSSR count). The van der Waals surface area contributed by atoms with Gasteiger partial charge in [0.05, 0.1) is 52.6 Å². The number of likely N-dealkylation sites (N-methyl/N-ethyl adjacent to an activating group) is 1. The number of carbonyl (C=O) groups is 6. The van der Waals surface area contributed by atoms with E-state index in [0.29, 0.717) is 55.6 Å². The first-order chi connectivity index (χ1) is 44.7. The fourth-order valence-corrected chi connectivity index (χ4v) is 12.1. The molecule has 0 aliphatic carbocycles. The molecule has 0 bridgehead atoms. The second-order valence-electron chi connectivity index (χ2n) is 27.2. The van der Waals surface area contributed by atoms with Crippen molar-refractivity contribution in [2.24, 2.45) is 0 Å². The maximum absolute atomic E-state index is 13.1. The minimum Gasteiger partial charge on any atom is -1.00 e. The van der Waals surface area contributed by atoms with Crippen LogP contribution in [0, 0.1) is 0 Å². The van der Waals surface area contributed by atoms with Crippen molar-refractivity contribution >= 4 is 47.5 Å². The van der Waals surface area contributed by atoms with Crippen LogP contribution in [0.5, 0.6) is 0 Å². The third kappa shape index (κ3) is 72.1. The van der Waals surface area contributed by atoms with Gasteiger partial charge < -0.3 is 60.2 Å². The Balaban J connectivity index is -0.00000172. The summed E-state index contributed by atoms with van der Waals surface area (Å²) in [4.78, 5) is 80.5. The molecule has 17 heteroatoms. The molecule has 0 radical (unpaired) electrons. The molecular weight excluding hydrogens is 1260 g/mol.